The third-order valence-corrected chi connectivity index (χ3v) is 7.53. The Balaban J connectivity index is 2.20. The van der Waals surface area contributed by atoms with E-state index in [1.165, 1.54) is 31.8 Å². The molecule has 0 spiro atoms. The number of methoxy groups -OCH3 is 2. The molecule has 0 radical (unpaired) electrons. The molecular formula is C28H35N7O5S. The second-order valence-corrected chi connectivity index (χ2v) is 11.2. The Labute approximate surface area is 240 Å². The minimum atomic E-state index is -4.20. The molecule has 12 nitrogen and oxygen atoms in total. The van der Waals surface area contributed by atoms with Gasteiger partial charge >= 0.3 is 0 Å². The van der Waals surface area contributed by atoms with Crippen LogP contribution in [-0.2, 0) is 14.8 Å². The number of aliphatic imine (C=N–C) groups is 2. The Kier molecular flexibility index (Phi) is 10.5. The highest BCUT2D eigenvalue weighted by Crippen LogP contribution is 2.38. The largest absolute Gasteiger partial charge is 0.494 e. The number of pyridine rings is 1. The van der Waals surface area contributed by atoms with Crippen molar-refractivity contribution >= 4 is 28.5 Å². The number of benzene rings is 1. The van der Waals surface area contributed by atoms with Gasteiger partial charge in [0, 0.05) is 24.2 Å². The van der Waals surface area contributed by atoms with E-state index in [1.807, 2.05) is 26.8 Å². The van der Waals surface area contributed by atoms with Gasteiger partial charge in [-0.15, -0.1) is 16.8 Å². The zero-order valence-corrected chi connectivity index (χ0v) is 24.8. The van der Waals surface area contributed by atoms with E-state index >= 15 is 0 Å². The minimum Gasteiger partial charge on any atom is -0.494 e. The third-order valence-electron chi connectivity index (χ3n) is 5.84. The van der Waals surface area contributed by atoms with Gasteiger partial charge in [0.1, 0.15) is 28.5 Å². The summed E-state index contributed by atoms with van der Waals surface area (Å²) in [7, 11) is -1.20. The molecule has 0 aliphatic heterocycles. The fourth-order valence-corrected chi connectivity index (χ4v) is 4.95. The van der Waals surface area contributed by atoms with E-state index < -0.39 is 21.4 Å². The average Bonchev–Trinajstić information content (AvgIpc) is 3.35. The van der Waals surface area contributed by atoms with Crippen molar-refractivity contribution in [3.05, 3.63) is 66.7 Å². The van der Waals surface area contributed by atoms with E-state index in [1.54, 1.807) is 36.8 Å². The lowest BCUT2D eigenvalue weighted by Crippen LogP contribution is -2.42. The summed E-state index contributed by atoms with van der Waals surface area (Å²) in [6, 6.07) is 7.05. The van der Waals surface area contributed by atoms with Crippen molar-refractivity contribution in [2.75, 3.05) is 25.5 Å². The van der Waals surface area contributed by atoms with Crippen LogP contribution in [0.25, 0.3) is 17.1 Å². The van der Waals surface area contributed by atoms with E-state index in [9.17, 15) is 8.42 Å². The van der Waals surface area contributed by atoms with Gasteiger partial charge in [-0.1, -0.05) is 17.7 Å². The Morgan fingerprint density at radius 2 is 1.85 bits per heavy atom. The number of nitrogens with zero attached hydrogens (tertiary/aromatic N) is 6. The van der Waals surface area contributed by atoms with Crippen LogP contribution in [0.2, 0.25) is 0 Å². The van der Waals surface area contributed by atoms with E-state index in [0.717, 1.165) is 11.1 Å². The van der Waals surface area contributed by atoms with Gasteiger partial charge in [0.15, 0.2) is 11.7 Å². The number of para-hydroxylation sites is 1. The molecule has 0 unspecified atom stereocenters. The predicted molar refractivity (Wildman–Crippen MR) is 161 cm³/mol. The summed E-state index contributed by atoms with van der Waals surface area (Å²) in [6.45, 7) is 14.4. The molecule has 0 aliphatic carbocycles. The van der Waals surface area contributed by atoms with Crippen LogP contribution in [0.4, 0.5) is 5.95 Å². The van der Waals surface area contributed by atoms with Crippen molar-refractivity contribution in [1.29, 1.82) is 0 Å². The molecule has 3 rings (SSSR count). The first-order chi connectivity index (χ1) is 19.6. The molecule has 41 heavy (non-hydrogen) atoms. The first kappa shape index (κ1) is 31.2. The first-order valence-electron chi connectivity index (χ1n) is 12.6. The number of amidine groups is 1. The number of anilines is 1. The zero-order valence-electron chi connectivity index (χ0n) is 24.0. The number of aryl methyl sites for hydroxylation is 1. The van der Waals surface area contributed by atoms with Crippen LogP contribution in [0.3, 0.4) is 0 Å². The highest BCUT2D eigenvalue weighted by Gasteiger charge is 2.36. The molecule has 13 heteroatoms. The van der Waals surface area contributed by atoms with Gasteiger partial charge in [0.05, 0.1) is 20.8 Å². The van der Waals surface area contributed by atoms with Crippen molar-refractivity contribution in [2.24, 2.45) is 9.98 Å². The van der Waals surface area contributed by atoms with Gasteiger partial charge in [-0.05, 0) is 58.2 Å². The van der Waals surface area contributed by atoms with E-state index in [2.05, 4.69) is 43.2 Å². The van der Waals surface area contributed by atoms with Crippen LogP contribution in [0.5, 0.6) is 11.5 Å². The summed E-state index contributed by atoms with van der Waals surface area (Å²) >= 11 is 0. The molecule has 0 bridgehead atoms. The monoisotopic (exact) mass is 581 g/mol. The van der Waals surface area contributed by atoms with Crippen molar-refractivity contribution in [2.45, 2.75) is 39.0 Å². The van der Waals surface area contributed by atoms with Gasteiger partial charge in [-0.25, -0.2) is 18.4 Å². The maximum atomic E-state index is 13.9. The topological polar surface area (TPSA) is 142 Å². The molecule has 0 saturated heterocycles. The second kappa shape index (κ2) is 13.8. The Morgan fingerprint density at radius 1 is 1.17 bits per heavy atom. The summed E-state index contributed by atoms with van der Waals surface area (Å²) < 4.78 is 48.8. The number of sulfonamides is 1. The summed E-state index contributed by atoms with van der Waals surface area (Å²) in [4.78, 5) is 12.5. The lowest BCUT2D eigenvalue weighted by molar-refractivity contribution is 0.121. The number of aromatic nitrogens is 4. The Morgan fingerprint density at radius 3 is 2.41 bits per heavy atom. The maximum absolute atomic E-state index is 13.9. The SMILES string of the molecule is C=CCO[C@@H](C(N=C)=NC=C(C)C)[C@@H](C)S(=O)(=O)Nc1nnc(-c2cncc(C)c2)n1-c1c(OC)cccc1OC. The fourth-order valence-electron chi connectivity index (χ4n) is 3.85. The fraction of sp³-hybridized carbons (Fsp3) is 0.321. The number of hydrogen-bond donors (Lipinski definition) is 1. The molecular weight excluding hydrogens is 546 g/mol. The summed E-state index contributed by atoms with van der Waals surface area (Å²) in [5, 5.41) is 7.35. The summed E-state index contributed by atoms with van der Waals surface area (Å²) in [6.07, 6.45) is 5.31. The maximum Gasteiger partial charge on any atom is 0.243 e. The molecule has 0 fully saturated rings. The van der Waals surface area contributed by atoms with Crippen molar-refractivity contribution in [1.82, 2.24) is 19.7 Å². The smallest absolute Gasteiger partial charge is 0.243 e. The Bertz CT molecular complexity index is 1540. The molecule has 1 aromatic carbocycles. The Hall–Kier alpha value is -4.36. The molecule has 0 aliphatic rings. The number of hydrogen-bond acceptors (Lipinski definition) is 9. The lowest BCUT2D eigenvalue weighted by Gasteiger charge is -2.24. The second-order valence-electron chi connectivity index (χ2n) is 9.19. The normalized spacial score (nSPS) is 13.2. The van der Waals surface area contributed by atoms with Gasteiger partial charge < -0.3 is 14.2 Å². The van der Waals surface area contributed by atoms with Crippen LogP contribution >= 0.6 is 0 Å². The molecule has 2 heterocycles. The van der Waals surface area contributed by atoms with Gasteiger partial charge in [-0.2, -0.15) is 0 Å². The molecule has 3 aromatic rings. The van der Waals surface area contributed by atoms with E-state index in [0.29, 0.717) is 28.6 Å². The van der Waals surface area contributed by atoms with Crippen LogP contribution < -0.4 is 14.2 Å². The predicted octanol–water partition coefficient (Wildman–Crippen LogP) is 4.38. The number of nitrogens with one attached hydrogen (secondary N) is 1. The van der Waals surface area contributed by atoms with Crippen LogP contribution in [0.1, 0.15) is 26.3 Å². The molecule has 0 saturated carbocycles. The molecule has 1 N–H and O–H groups in total. The highest BCUT2D eigenvalue weighted by atomic mass is 32.2. The van der Waals surface area contributed by atoms with Crippen molar-refractivity contribution < 1.29 is 22.6 Å². The summed E-state index contributed by atoms with van der Waals surface area (Å²) in [5.41, 5.74) is 2.76. The van der Waals surface area contributed by atoms with Gasteiger partial charge in [0.25, 0.3) is 0 Å². The third kappa shape index (κ3) is 7.24. The summed E-state index contributed by atoms with van der Waals surface area (Å²) in [5.74, 6) is 1.11. The van der Waals surface area contributed by atoms with E-state index in [4.69, 9.17) is 14.2 Å². The number of allylic oxidation sites excluding steroid dienone is 1. The lowest BCUT2D eigenvalue weighted by atomic mass is 10.2. The van der Waals surface area contributed by atoms with Crippen LogP contribution in [0, 0.1) is 6.92 Å². The average molecular weight is 582 g/mol. The molecule has 2 aromatic heterocycles. The van der Waals surface area contributed by atoms with Crippen LogP contribution in [0.15, 0.2) is 71.1 Å². The molecule has 2 atom stereocenters. The van der Waals surface area contributed by atoms with Crippen molar-refractivity contribution in [3.63, 3.8) is 0 Å². The standard InChI is InChI=1S/C28H35N7O5S/c1-9-13-40-25(26(29-6)31-15-18(2)3)20(5)41(36,37)34-28-33-32-27(21-14-19(4)16-30-17-21)35(28)24-22(38-7)11-10-12-23(24)39-8/h9-12,14-17,20,25H,1,6,13H2,2-5,7-8H3,(H,33,34)/t20-,25-/m1/s1. The molecule has 0 amide bonds. The van der Waals surface area contributed by atoms with E-state index in [-0.39, 0.29) is 18.4 Å². The highest BCUT2D eigenvalue weighted by molar-refractivity contribution is 7.93. The van der Waals surface area contributed by atoms with Crippen LogP contribution in [-0.4, -0.2) is 72.9 Å². The van der Waals surface area contributed by atoms with Gasteiger partial charge in [-0.3, -0.25) is 14.3 Å². The minimum absolute atomic E-state index is 0.0625. The number of rotatable bonds is 13. The first-order valence-corrected chi connectivity index (χ1v) is 14.1. The molecule has 218 valence electrons. The van der Waals surface area contributed by atoms with Gasteiger partial charge in [0.2, 0.25) is 16.0 Å². The quantitative estimate of drug-likeness (QED) is 0.178. The zero-order chi connectivity index (χ0) is 30.2. The van der Waals surface area contributed by atoms with Crippen molar-refractivity contribution in [3.8, 4) is 28.6 Å². The number of ether oxygens (including phenoxy) is 3.